The first-order valence-electron chi connectivity index (χ1n) is 2.76. The molecular formula is C7H7IOS. The Morgan fingerprint density at radius 3 is 2.70 bits per heavy atom. The summed E-state index contributed by atoms with van der Waals surface area (Å²) in [6, 6.07) is 5.38. The lowest BCUT2D eigenvalue weighted by atomic mass is 10.3. The molecule has 1 N–H and O–H groups in total. The quantitative estimate of drug-likeness (QED) is 0.623. The van der Waals surface area contributed by atoms with E-state index in [0.29, 0.717) is 5.75 Å². The normalized spacial score (nSPS) is 9.80. The van der Waals surface area contributed by atoms with Crippen LogP contribution in [0.5, 0.6) is 5.75 Å². The van der Waals surface area contributed by atoms with E-state index < -0.39 is 0 Å². The van der Waals surface area contributed by atoms with Crippen LogP contribution in [0.2, 0.25) is 0 Å². The predicted octanol–water partition coefficient (Wildman–Crippen LogP) is 2.72. The second-order valence-electron chi connectivity index (χ2n) is 1.82. The number of hydrogen-bond donors (Lipinski definition) is 1. The van der Waals surface area contributed by atoms with Crippen LogP contribution in [0.15, 0.2) is 23.1 Å². The van der Waals surface area contributed by atoms with Crippen LogP contribution >= 0.6 is 34.4 Å². The van der Waals surface area contributed by atoms with Gasteiger partial charge in [0.05, 0.1) is 0 Å². The Labute approximate surface area is 78.0 Å². The Hall–Kier alpha value is 0.100. The summed E-state index contributed by atoms with van der Waals surface area (Å²) in [5.74, 6) is 0.335. The van der Waals surface area contributed by atoms with Gasteiger partial charge in [-0.1, -0.05) is 0 Å². The number of benzene rings is 1. The van der Waals surface area contributed by atoms with Crippen LogP contribution in [-0.4, -0.2) is 11.4 Å². The molecule has 0 aromatic heterocycles. The van der Waals surface area contributed by atoms with E-state index >= 15 is 0 Å². The van der Waals surface area contributed by atoms with Gasteiger partial charge in [0.15, 0.2) is 0 Å². The minimum Gasteiger partial charge on any atom is -0.508 e. The van der Waals surface area contributed by atoms with Gasteiger partial charge in [-0.25, -0.2) is 0 Å². The van der Waals surface area contributed by atoms with Crippen molar-refractivity contribution < 1.29 is 5.11 Å². The summed E-state index contributed by atoms with van der Waals surface area (Å²) >= 11 is 3.89. The summed E-state index contributed by atoms with van der Waals surface area (Å²) < 4.78 is 1.10. The molecule has 1 aromatic rings. The van der Waals surface area contributed by atoms with Gasteiger partial charge in [0.25, 0.3) is 0 Å². The monoisotopic (exact) mass is 266 g/mol. The zero-order valence-corrected chi connectivity index (χ0v) is 8.44. The van der Waals surface area contributed by atoms with Crippen molar-refractivity contribution in [2.45, 2.75) is 4.90 Å². The molecule has 0 atom stereocenters. The van der Waals surface area contributed by atoms with E-state index in [-0.39, 0.29) is 0 Å². The smallest absolute Gasteiger partial charge is 0.116 e. The SMILES string of the molecule is CSc1ccc(O)cc1I. The minimum absolute atomic E-state index is 0.335. The van der Waals surface area contributed by atoms with E-state index in [1.165, 1.54) is 4.90 Å². The molecule has 1 nitrogen and oxygen atoms in total. The molecule has 0 amide bonds. The average molecular weight is 266 g/mol. The Morgan fingerprint density at radius 2 is 2.20 bits per heavy atom. The summed E-state index contributed by atoms with van der Waals surface area (Å²) in [6.07, 6.45) is 2.02. The van der Waals surface area contributed by atoms with Gasteiger partial charge >= 0.3 is 0 Å². The molecule has 3 heteroatoms. The fourth-order valence-corrected chi connectivity index (χ4v) is 2.27. The van der Waals surface area contributed by atoms with Gasteiger partial charge in [-0.05, 0) is 47.0 Å². The second-order valence-corrected chi connectivity index (χ2v) is 3.83. The molecule has 0 aliphatic carbocycles. The van der Waals surface area contributed by atoms with Crippen LogP contribution in [0.3, 0.4) is 0 Å². The number of hydrogen-bond acceptors (Lipinski definition) is 2. The zero-order valence-electron chi connectivity index (χ0n) is 5.47. The van der Waals surface area contributed by atoms with Crippen molar-refractivity contribution in [3.63, 3.8) is 0 Å². The standard InChI is InChI=1S/C7H7IOS/c1-10-7-3-2-5(9)4-6(7)8/h2-4,9H,1H3. The van der Waals surface area contributed by atoms with E-state index in [1.807, 2.05) is 12.3 Å². The number of phenols is 1. The average Bonchev–Trinajstić information content (AvgIpc) is 1.88. The van der Waals surface area contributed by atoms with Crippen molar-refractivity contribution in [2.24, 2.45) is 0 Å². The number of rotatable bonds is 1. The predicted molar refractivity (Wildman–Crippen MR) is 52.6 cm³/mol. The summed E-state index contributed by atoms with van der Waals surface area (Å²) in [6.45, 7) is 0. The third kappa shape index (κ3) is 1.79. The van der Waals surface area contributed by atoms with Crippen LogP contribution < -0.4 is 0 Å². The molecule has 0 saturated heterocycles. The molecule has 0 aliphatic rings. The zero-order chi connectivity index (χ0) is 7.56. The third-order valence-electron chi connectivity index (χ3n) is 1.14. The lowest BCUT2D eigenvalue weighted by Gasteiger charge is -1.99. The minimum atomic E-state index is 0.335. The molecule has 0 radical (unpaired) electrons. The summed E-state index contributed by atoms with van der Waals surface area (Å²) in [5, 5.41) is 9.02. The van der Waals surface area contributed by atoms with Gasteiger partial charge in [0, 0.05) is 8.47 Å². The van der Waals surface area contributed by atoms with Crippen LogP contribution in [0.1, 0.15) is 0 Å². The molecular weight excluding hydrogens is 259 g/mol. The Morgan fingerprint density at radius 1 is 1.50 bits per heavy atom. The third-order valence-corrected chi connectivity index (χ3v) is 3.19. The molecule has 54 valence electrons. The van der Waals surface area contributed by atoms with E-state index in [4.69, 9.17) is 5.11 Å². The highest BCUT2D eigenvalue weighted by molar-refractivity contribution is 14.1. The van der Waals surface area contributed by atoms with Crippen molar-refractivity contribution in [2.75, 3.05) is 6.26 Å². The van der Waals surface area contributed by atoms with Crippen LogP contribution in [0.4, 0.5) is 0 Å². The fraction of sp³-hybridized carbons (Fsp3) is 0.143. The van der Waals surface area contributed by atoms with Gasteiger partial charge in [0.2, 0.25) is 0 Å². The van der Waals surface area contributed by atoms with Crippen molar-refractivity contribution in [3.8, 4) is 5.75 Å². The van der Waals surface area contributed by atoms with Gasteiger partial charge < -0.3 is 5.11 Å². The van der Waals surface area contributed by atoms with Gasteiger partial charge in [-0.15, -0.1) is 11.8 Å². The number of halogens is 1. The largest absolute Gasteiger partial charge is 0.508 e. The summed E-state index contributed by atoms with van der Waals surface area (Å²) in [5.41, 5.74) is 0. The van der Waals surface area contributed by atoms with Crippen molar-refractivity contribution in [1.82, 2.24) is 0 Å². The van der Waals surface area contributed by atoms with E-state index in [9.17, 15) is 0 Å². The highest BCUT2D eigenvalue weighted by Crippen LogP contribution is 2.25. The molecule has 10 heavy (non-hydrogen) atoms. The molecule has 1 rings (SSSR count). The molecule has 0 spiro atoms. The molecule has 1 aromatic carbocycles. The molecule has 0 bridgehead atoms. The maximum absolute atomic E-state index is 9.02. The molecule has 0 saturated carbocycles. The number of phenolic OH excluding ortho intramolecular Hbond substituents is 1. The maximum atomic E-state index is 9.02. The molecule has 0 aliphatic heterocycles. The lowest BCUT2D eigenvalue weighted by Crippen LogP contribution is -1.75. The molecule has 0 unspecified atom stereocenters. The van der Waals surface area contributed by atoms with Gasteiger partial charge in [-0.3, -0.25) is 0 Å². The molecule has 0 fully saturated rings. The van der Waals surface area contributed by atoms with Crippen LogP contribution in [-0.2, 0) is 0 Å². The lowest BCUT2D eigenvalue weighted by molar-refractivity contribution is 0.474. The van der Waals surface area contributed by atoms with Crippen LogP contribution in [0.25, 0.3) is 0 Å². The van der Waals surface area contributed by atoms with E-state index in [0.717, 1.165) is 3.57 Å². The van der Waals surface area contributed by atoms with Crippen LogP contribution in [0, 0.1) is 3.57 Å². The Balaban J connectivity index is 3.07. The van der Waals surface area contributed by atoms with Crippen molar-refractivity contribution >= 4 is 34.4 Å². The maximum Gasteiger partial charge on any atom is 0.116 e. The van der Waals surface area contributed by atoms with Gasteiger partial charge in [0.1, 0.15) is 5.75 Å². The van der Waals surface area contributed by atoms with Crippen molar-refractivity contribution in [3.05, 3.63) is 21.8 Å². The first-order valence-corrected chi connectivity index (χ1v) is 5.07. The first-order chi connectivity index (χ1) is 4.74. The highest BCUT2D eigenvalue weighted by Gasteiger charge is 1.97. The van der Waals surface area contributed by atoms with E-state index in [2.05, 4.69) is 22.6 Å². The van der Waals surface area contributed by atoms with E-state index in [1.54, 1.807) is 23.9 Å². The highest BCUT2D eigenvalue weighted by atomic mass is 127. The summed E-state index contributed by atoms with van der Waals surface area (Å²) in [4.78, 5) is 1.21. The Bertz CT molecular complexity index is 237. The summed E-state index contributed by atoms with van der Waals surface area (Å²) in [7, 11) is 0. The number of thioether (sulfide) groups is 1. The fourth-order valence-electron chi connectivity index (χ4n) is 0.655. The first kappa shape index (κ1) is 8.20. The van der Waals surface area contributed by atoms with Gasteiger partial charge in [-0.2, -0.15) is 0 Å². The molecule has 0 heterocycles. The van der Waals surface area contributed by atoms with Crippen molar-refractivity contribution in [1.29, 1.82) is 0 Å². The number of aromatic hydroxyl groups is 1. The topological polar surface area (TPSA) is 20.2 Å². The second kappa shape index (κ2) is 3.48. The Kier molecular flexibility index (Phi) is 2.85.